The van der Waals surface area contributed by atoms with Gasteiger partial charge in [0.15, 0.2) is 0 Å². The molecule has 2 rings (SSSR count). The number of halogens is 4. The van der Waals surface area contributed by atoms with E-state index in [1.54, 1.807) is 4.90 Å². The molecule has 1 N–H and O–H groups in total. The number of likely N-dealkylation sites (tertiary alicyclic amines) is 1. The smallest absolute Gasteiger partial charge is 0.453 e. The molecule has 1 atom stereocenters. The van der Waals surface area contributed by atoms with Gasteiger partial charge >= 0.3 is 12.5 Å². The van der Waals surface area contributed by atoms with Crippen molar-refractivity contribution in [3.8, 4) is 5.75 Å². The van der Waals surface area contributed by atoms with E-state index in [4.69, 9.17) is 0 Å². The van der Waals surface area contributed by atoms with Crippen LogP contribution >= 0.6 is 0 Å². The van der Waals surface area contributed by atoms with Crippen molar-refractivity contribution >= 4 is 12.0 Å². The highest BCUT2D eigenvalue weighted by Gasteiger charge is 2.32. The van der Waals surface area contributed by atoms with Crippen molar-refractivity contribution in [2.45, 2.75) is 38.5 Å². The number of piperidine rings is 1. The minimum atomic E-state index is -4.89. The van der Waals surface area contributed by atoms with Crippen LogP contribution in [-0.2, 0) is 9.53 Å². The number of hydrogen-bond acceptors (Lipinski definition) is 4. The fourth-order valence-corrected chi connectivity index (χ4v) is 3.39. The maximum absolute atomic E-state index is 13.7. The first-order valence-electron chi connectivity index (χ1n) is 9.29. The van der Waals surface area contributed by atoms with Gasteiger partial charge in [-0.2, -0.15) is 0 Å². The van der Waals surface area contributed by atoms with Gasteiger partial charge in [0, 0.05) is 25.7 Å². The van der Waals surface area contributed by atoms with E-state index < -0.39 is 29.9 Å². The molecule has 0 radical (unpaired) electrons. The number of alkyl carbamates (subject to hydrolysis) is 1. The number of carbonyl (C=O) groups is 2. The molecule has 1 aliphatic rings. The van der Waals surface area contributed by atoms with Crippen molar-refractivity contribution in [2.24, 2.45) is 5.92 Å². The Balaban J connectivity index is 1.97. The lowest BCUT2D eigenvalue weighted by molar-refractivity contribution is -0.274. The minimum absolute atomic E-state index is 0.109. The normalized spacial score (nSPS) is 16.3. The third-order valence-electron chi connectivity index (χ3n) is 4.93. The molecule has 1 fully saturated rings. The Morgan fingerprint density at radius 3 is 2.45 bits per heavy atom. The van der Waals surface area contributed by atoms with Crippen molar-refractivity contribution in [3.63, 3.8) is 0 Å². The predicted molar refractivity (Wildman–Crippen MR) is 95.8 cm³/mol. The first-order chi connectivity index (χ1) is 13.6. The van der Waals surface area contributed by atoms with Crippen LogP contribution in [0.3, 0.4) is 0 Å². The zero-order valence-electron chi connectivity index (χ0n) is 16.2. The molecule has 0 spiro atoms. The van der Waals surface area contributed by atoms with Gasteiger partial charge in [-0.1, -0.05) is 6.92 Å². The molecule has 1 unspecified atom stereocenters. The SMILES string of the molecule is CCC(CNC(=O)OC)C(=O)N1CCC(c2cc(F)cc(OC(F)(F)F)c2)CC1. The molecule has 0 bridgehead atoms. The molecule has 0 aromatic heterocycles. The Hall–Kier alpha value is -2.52. The average molecular weight is 420 g/mol. The topological polar surface area (TPSA) is 67.9 Å². The summed E-state index contributed by atoms with van der Waals surface area (Å²) in [6.07, 6.45) is -4.00. The highest BCUT2D eigenvalue weighted by Crippen LogP contribution is 2.33. The zero-order valence-corrected chi connectivity index (χ0v) is 16.2. The van der Waals surface area contributed by atoms with Crippen LogP contribution in [-0.4, -0.2) is 50.0 Å². The van der Waals surface area contributed by atoms with Gasteiger partial charge < -0.3 is 19.7 Å². The Bertz CT molecular complexity index is 719. The van der Waals surface area contributed by atoms with Crippen LogP contribution in [0.4, 0.5) is 22.4 Å². The van der Waals surface area contributed by atoms with Crippen LogP contribution < -0.4 is 10.1 Å². The number of hydrogen-bond donors (Lipinski definition) is 1. The quantitative estimate of drug-likeness (QED) is 0.711. The summed E-state index contributed by atoms with van der Waals surface area (Å²) in [5.41, 5.74) is 0.413. The number of ether oxygens (including phenoxy) is 2. The van der Waals surface area contributed by atoms with Gasteiger partial charge in [-0.25, -0.2) is 9.18 Å². The van der Waals surface area contributed by atoms with E-state index in [1.807, 2.05) is 6.92 Å². The van der Waals surface area contributed by atoms with E-state index in [0.29, 0.717) is 44.0 Å². The second-order valence-corrected chi connectivity index (χ2v) is 6.85. The summed E-state index contributed by atoms with van der Waals surface area (Å²) in [6.45, 7) is 2.78. The van der Waals surface area contributed by atoms with Crippen LogP contribution in [0.25, 0.3) is 0 Å². The Morgan fingerprint density at radius 2 is 1.90 bits per heavy atom. The zero-order chi connectivity index (χ0) is 21.6. The first-order valence-corrected chi connectivity index (χ1v) is 9.29. The van der Waals surface area contributed by atoms with E-state index >= 15 is 0 Å². The number of amides is 2. The van der Waals surface area contributed by atoms with E-state index in [1.165, 1.54) is 19.2 Å². The van der Waals surface area contributed by atoms with Gasteiger partial charge in [-0.05, 0) is 42.9 Å². The van der Waals surface area contributed by atoms with Gasteiger partial charge in [-0.15, -0.1) is 13.2 Å². The highest BCUT2D eigenvalue weighted by atomic mass is 19.4. The lowest BCUT2D eigenvalue weighted by atomic mass is 9.88. The monoisotopic (exact) mass is 420 g/mol. The molecule has 2 amide bonds. The molecule has 1 aromatic carbocycles. The van der Waals surface area contributed by atoms with Crippen molar-refractivity contribution in [2.75, 3.05) is 26.7 Å². The van der Waals surface area contributed by atoms with E-state index in [-0.39, 0.29) is 18.4 Å². The summed E-state index contributed by atoms with van der Waals surface area (Å²) < 4.78 is 59.3. The maximum Gasteiger partial charge on any atom is 0.573 e. The molecule has 162 valence electrons. The molecule has 1 saturated heterocycles. The van der Waals surface area contributed by atoms with Crippen molar-refractivity contribution in [1.82, 2.24) is 10.2 Å². The second kappa shape index (κ2) is 9.80. The molecule has 10 heteroatoms. The third kappa shape index (κ3) is 6.79. The number of carbonyl (C=O) groups excluding carboxylic acids is 2. The number of methoxy groups -OCH3 is 1. The van der Waals surface area contributed by atoms with Crippen LogP contribution in [0.5, 0.6) is 5.75 Å². The largest absolute Gasteiger partial charge is 0.573 e. The molecule has 6 nitrogen and oxygen atoms in total. The van der Waals surface area contributed by atoms with Gasteiger partial charge in [0.05, 0.1) is 13.0 Å². The number of alkyl halides is 3. The summed E-state index contributed by atoms with van der Waals surface area (Å²) in [4.78, 5) is 25.5. The van der Waals surface area contributed by atoms with Crippen LogP contribution in [0, 0.1) is 11.7 Å². The summed E-state index contributed by atoms with van der Waals surface area (Å²) in [6, 6.07) is 3.07. The highest BCUT2D eigenvalue weighted by molar-refractivity contribution is 5.80. The number of benzene rings is 1. The molecule has 0 aliphatic carbocycles. The number of rotatable bonds is 6. The molecular weight excluding hydrogens is 396 g/mol. The summed E-state index contributed by atoms with van der Waals surface area (Å²) >= 11 is 0. The Kier molecular flexibility index (Phi) is 7.69. The van der Waals surface area contributed by atoms with Gasteiger partial charge in [-0.3, -0.25) is 4.79 Å². The van der Waals surface area contributed by atoms with E-state index in [0.717, 1.165) is 0 Å². The Labute approximate surface area is 166 Å². The molecule has 1 aliphatic heterocycles. The molecule has 1 aromatic rings. The number of nitrogens with zero attached hydrogens (tertiary/aromatic N) is 1. The van der Waals surface area contributed by atoms with Gasteiger partial charge in [0.2, 0.25) is 5.91 Å². The fourth-order valence-electron chi connectivity index (χ4n) is 3.39. The van der Waals surface area contributed by atoms with Gasteiger partial charge in [0.25, 0.3) is 0 Å². The summed E-state index contributed by atoms with van der Waals surface area (Å²) in [5, 5.41) is 2.51. The van der Waals surface area contributed by atoms with Gasteiger partial charge in [0.1, 0.15) is 11.6 Å². The molecular formula is C19H24F4N2O4. The van der Waals surface area contributed by atoms with Crippen molar-refractivity contribution in [1.29, 1.82) is 0 Å². The van der Waals surface area contributed by atoms with Crippen LogP contribution in [0.1, 0.15) is 37.7 Å². The predicted octanol–water partition coefficient (Wildman–Crippen LogP) is 3.81. The van der Waals surface area contributed by atoms with E-state index in [2.05, 4.69) is 14.8 Å². The molecule has 0 saturated carbocycles. The summed E-state index contributed by atoms with van der Waals surface area (Å²) in [5.74, 6) is -2.08. The second-order valence-electron chi connectivity index (χ2n) is 6.85. The van der Waals surface area contributed by atoms with Crippen molar-refractivity contribution in [3.05, 3.63) is 29.6 Å². The number of nitrogens with one attached hydrogen (secondary N) is 1. The standard InChI is InChI=1S/C19H24F4N2O4/c1-3-12(11-24-18(27)28-2)17(26)25-6-4-13(5-7-25)14-8-15(20)10-16(9-14)29-19(21,22)23/h8-10,12-13H,3-7,11H2,1-2H3,(H,24,27). The van der Waals surface area contributed by atoms with Crippen molar-refractivity contribution < 1.29 is 36.6 Å². The molecule has 29 heavy (non-hydrogen) atoms. The molecule has 1 heterocycles. The first kappa shape index (κ1) is 22.8. The average Bonchev–Trinajstić information content (AvgIpc) is 2.66. The van der Waals surface area contributed by atoms with Crippen LogP contribution in [0.15, 0.2) is 18.2 Å². The lowest BCUT2D eigenvalue weighted by Gasteiger charge is -2.34. The van der Waals surface area contributed by atoms with E-state index in [9.17, 15) is 27.2 Å². The summed E-state index contributed by atoms with van der Waals surface area (Å²) in [7, 11) is 1.24. The lowest BCUT2D eigenvalue weighted by Crippen LogP contribution is -2.44. The maximum atomic E-state index is 13.7. The third-order valence-corrected chi connectivity index (χ3v) is 4.93. The fraction of sp³-hybridized carbons (Fsp3) is 0.579. The van der Waals surface area contributed by atoms with Crippen LogP contribution in [0.2, 0.25) is 0 Å². The Morgan fingerprint density at radius 1 is 1.24 bits per heavy atom. The minimum Gasteiger partial charge on any atom is -0.453 e.